The second-order valence-corrected chi connectivity index (χ2v) is 4.92. The predicted octanol–water partition coefficient (Wildman–Crippen LogP) is 0.842. The van der Waals surface area contributed by atoms with Crippen molar-refractivity contribution in [3.8, 4) is 0 Å². The minimum atomic E-state index is -0.710. The molecule has 0 spiro atoms. The first-order chi connectivity index (χ1) is 8.52. The first-order valence-corrected chi connectivity index (χ1v) is 6.84. The van der Waals surface area contributed by atoms with Gasteiger partial charge in [-0.2, -0.15) is 0 Å². The monoisotopic (exact) mass is 259 g/mol. The smallest absolute Gasteiger partial charge is 0.320 e. The third-order valence-electron chi connectivity index (χ3n) is 3.11. The van der Waals surface area contributed by atoms with Gasteiger partial charge in [-0.25, -0.2) is 0 Å². The number of nitrogens with two attached hydrogens (primary N) is 1. The van der Waals surface area contributed by atoms with E-state index in [4.69, 9.17) is 5.73 Å². The Kier molecular flexibility index (Phi) is 9.92. The predicted molar refractivity (Wildman–Crippen MR) is 74.7 cm³/mol. The maximum Gasteiger partial charge on any atom is 0.320 e. The molecule has 5 heteroatoms. The van der Waals surface area contributed by atoms with Gasteiger partial charge in [-0.1, -0.05) is 13.3 Å². The van der Waals surface area contributed by atoms with Crippen molar-refractivity contribution >= 4 is 5.97 Å². The van der Waals surface area contributed by atoms with Crippen molar-refractivity contribution < 1.29 is 9.90 Å². The van der Waals surface area contributed by atoms with Crippen LogP contribution in [0.15, 0.2) is 0 Å². The average Bonchev–Trinajstić information content (AvgIpc) is 2.30. The molecular weight excluding hydrogens is 230 g/mol. The van der Waals surface area contributed by atoms with Gasteiger partial charge in [0.1, 0.15) is 6.04 Å². The maximum absolute atomic E-state index is 11.3. The fourth-order valence-corrected chi connectivity index (χ4v) is 2.07. The van der Waals surface area contributed by atoms with Crippen LogP contribution in [0.4, 0.5) is 0 Å². The molecule has 0 aromatic rings. The summed E-state index contributed by atoms with van der Waals surface area (Å²) in [7, 11) is 4.07. The molecule has 18 heavy (non-hydrogen) atoms. The second kappa shape index (κ2) is 10.3. The van der Waals surface area contributed by atoms with E-state index in [9.17, 15) is 9.90 Å². The van der Waals surface area contributed by atoms with Crippen LogP contribution in [0.25, 0.3) is 0 Å². The molecule has 1 unspecified atom stereocenters. The summed E-state index contributed by atoms with van der Waals surface area (Å²) in [6, 6.07) is -0.358. The maximum atomic E-state index is 11.3. The van der Waals surface area contributed by atoms with E-state index in [1.165, 1.54) is 0 Å². The number of unbranched alkanes of at least 4 members (excludes halogenated alkanes) is 1. The molecule has 0 radical (unpaired) electrons. The van der Waals surface area contributed by atoms with Crippen LogP contribution in [0, 0.1) is 0 Å². The quantitative estimate of drug-likeness (QED) is 0.538. The first-order valence-electron chi connectivity index (χ1n) is 6.84. The molecule has 0 aliphatic carbocycles. The number of aliphatic carboxylic acids is 1. The molecule has 108 valence electrons. The van der Waals surface area contributed by atoms with Crippen LogP contribution in [0.3, 0.4) is 0 Å². The van der Waals surface area contributed by atoms with Crippen molar-refractivity contribution in [3.63, 3.8) is 0 Å². The van der Waals surface area contributed by atoms with E-state index in [2.05, 4.69) is 9.80 Å². The Hall–Kier alpha value is -0.650. The molecule has 0 saturated carbocycles. The van der Waals surface area contributed by atoms with Crippen LogP contribution in [-0.4, -0.2) is 67.2 Å². The number of rotatable bonds is 11. The van der Waals surface area contributed by atoms with E-state index in [1.54, 1.807) is 0 Å². The number of likely N-dealkylation sites (N-methyl/N-ethyl adjacent to an activating group) is 1. The van der Waals surface area contributed by atoms with Crippen LogP contribution < -0.4 is 5.73 Å². The summed E-state index contributed by atoms with van der Waals surface area (Å²) in [5.41, 5.74) is 5.45. The minimum Gasteiger partial charge on any atom is -0.480 e. The number of hydrogen-bond donors (Lipinski definition) is 2. The summed E-state index contributed by atoms with van der Waals surface area (Å²) in [4.78, 5) is 15.5. The van der Waals surface area contributed by atoms with Gasteiger partial charge in [0.15, 0.2) is 0 Å². The normalized spacial score (nSPS) is 13.2. The molecule has 0 fully saturated rings. The lowest BCUT2D eigenvalue weighted by atomic mass is 10.1. The Labute approximate surface area is 111 Å². The molecule has 1 atom stereocenters. The van der Waals surface area contributed by atoms with Crippen molar-refractivity contribution in [1.82, 2.24) is 9.80 Å². The van der Waals surface area contributed by atoms with Crippen molar-refractivity contribution in [2.24, 2.45) is 5.73 Å². The van der Waals surface area contributed by atoms with Gasteiger partial charge >= 0.3 is 5.97 Å². The Bertz CT molecular complexity index is 222. The van der Waals surface area contributed by atoms with Crippen LogP contribution in [0.2, 0.25) is 0 Å². The number of carboxylic acids is 1. The molecule has 5 nitrogen and oxygen atoms in total. The van der Waals surface area contributed by atoms with Gasteiger partial charge in [0.2, 0.25) is 0 Å². The standard InChI is InChI=1S/C13H29N3O2/c1-4-16(11-7-10-15(2)3)12(13(17)18)8-5-6-9-14/h12H,4-11,14H2,1-3H3,(H,17,18). The topological polar surface area (TPSA) is 69.8 Å². The molecule has 0 amide bonds. The Balaban J connectivity index is 4.20. The van der Waals surface area contributed by atoms with Crippen LogP contribution in [0.5, 0.6) is 0 Å². The highest BCUT2D eigenvalue weighted by atomic mass is 16.4. The average molecular weight is 259 g/mol. The van der Waals surface area contributed by atoms with Gasteiger partial charge in [0.25, 0.3) is 0 Å². The molecule has 3 N–H and O–H groups in total. The summed E-state index contributed by atoms with van der Waals surface area (Å²) in [5.74, 6) is -0.710. The minimum absolute atomic E-state index is 0.358. The summed E-state index contributed by atoms with van der Waals surface area (Å²) in [6.45, 7) is 5.28. The second-order valence-electron chi connectivity index (χ2n) is 4.92. The zero-order valence-electron chi connectivity index (χ0n) is 12.1. The molecule has 0 rings (SSSR count). The third-order valence-corrected chi connectivity index (χ3v) is 3.11. The van der Waals surface area contributed by atoms with Crippen LogP contribution in [0.1, 0.15) is 32.6 Å². The van der Waals surface area contributed by atoms with Gasteiger partial charge in [-0.15, -0.1) is 0 Å². The lowest BCUT2D eigenvalue weighted by Gasteiger charge is -2.28. The summed E-state index contributed by atoms with van der Waals surface area (Å²) >= 11 is 0. The zero-order chi connectivity index (χ0) is 14.0. The van der Waals surface area contributed by atoms with Gasteiger partial charge in [-0.05, 0) is 53.0 Å². The van der Waals surface area contributed by atoms with E-state index in [0.717, 1.165) is 38.9 Å². The van der Waals surface area contributed by atoms with Gasteiger partial charge < -0.3 is 15.7 Å². The van der Waals surface area contributed by atoms with E-state index in [0.29, 0.717) is 13.0 Å². The highest BCUT2D eigenvalue weighted by Gasteiger charge is 2.23. The van der Waals surface area contributed by atoms with Crippen molar-refractivity contribution in [1.29, 1.82) is 0 Å². The third kappa shape index (κ3) is 7.63. The molecule has 0 saturated heterocycles. The van der Waals surface area contributed by atoms with E-state index >= 15 is 0 Å². The van der Waals surface area contributed by atoms with E-state index in [-0.39, 0.29) is 6.04 Å². The van der Waals surface area contributed by atoms with Crippen molar-refractivity contribution in [2.45, 2.75) is 38.6 Å². The number of hydrogen-bond acceptors (Lipinski definition) is 4. The molecule has 0 bridgehead atoms. The Morgan fingerprint density at radius 3 is 2.33 bits per heavy atom. The van der Waals surface area contributed by atoms with E-state index in [1.807, 2.05) is 21.0 Å². The molecule has 0 aromatic heterocycles. The molecule has 0 aromatic carbocycles. The van der Waals surface area contributed by atoms with Gasteiger partial charge in [-0.3, -0.25) is 9.69 Å². The van der Waals surface area contributed by atoms with Gasteiger partial charge in [0, 0.05) is 6.54 Å². The highest BCUT2D eigenvalue weighted by molar-refractivity contribution is 5.73. The van der Waals surface area contributed by atoms with Crippen molar-refractivity contribution in [2.75, 3.05) is 40.3 Å². The first kappa shape index (κ1) is 17.4. The fourth-order valence-electron chi connectivity index (χ4n) is 2.07. The molecule has 0 aliphatic rings. The lowest BCUT2D eigenvalue weighted by molar-refractivity contribution is -0.143. The Morgan fingerprint density at radius 1 is 1.22 bits per heavy atom. The molecular formula is C13H29N3O2. The number of nitrogens with zero attached hydrogens (tertiary/aromatic N) is 2. The Morgan fingerprint density at radius 2 is 1.89 bits per heavy atom. The SMILES string of the molecule is CCN(CCCN(C)C)C(CCCCN)C(=O)O. The molecule has 0 heterocycles. The zero-order valence-corrected chi connectivity index (χ0v) is 12.1. The van der Waals surface area contributed by atoms with Crippen LogP contribution >= 0.6 is 0 Å². The lowest BCUT2D eigenvalue weighted by Crippen LogP contribution is -2.42. The van der Waals surface area contributed by atoms with Crippen molar-refractivity contribution in [3.05, 3.63) is 0 Å². The number of carboxylic acid groups (broad SMARTS) is 1. The number of carbonyl (C=O) groups is 1. The summed E-state index contributed by atoms with van der Waals surface area (Å²) in [6.07, 6.45) is 3.49. The highest BCUT2D eigenvalue weighted by Crippen LogP contribution is 2.10. The summed E-state index contributed by atoms with van der Waals surface area (Å²) < 4.78 is 0. The van der Waals surface area contributed by atoms with E-state index < -0.39 is 5.97 Å². The largest absolute Gasteiger partial charge is 0.480 e. The fraction of sp³-hybridized carbons (Fsp3) is 0.923. The summed E-state index contributed by atoms with van der Waals surface area (Å²) in [5, 5.41) is 9.30. The van der Waals surface area contributed by atoms with Gasteiger partial charge in [0.05, 0.1) is 0 Å². The molecule has 0 aliphatic heterocycles. The van der Waals surface area contributed by atoms with Crippen LogP contribution in [-0.2, 0) is 4.79 Å².